The molecule has 0 saturated heterocycles. The summed E-state index contributed by atoms with van der Waals surface area (Å²) in [6.07, 6.45) is 0.701. The number of hydrogen-bond acceptors (Lipinski definition) is 9. The summed E-state index contributed by atoms with van der Waals surface area (Å²) in [5, 5.41) is 3.89. The fraction of sp³-hybridized carbons (Fsp3) is 0.348. The summed E-state index contributed by atoms with van der Waals surface area (Å²) in [6.45, 7) is 4.29. The predicted molar refractivity (Wildman–Crippen MR) is 121 cm³/mol. The topological polar surface area (TPSA) is 130 Å². The van der Waals surface area contributed by atoms with Gasteiger partial charge < -0.3 is 18.7 Å². The zero-order valence-corrected chi connectivity index (χ0v) is 19.6. The van der Waals surface area contributed by atoms with Crippen molar-refractivity contribution in [2.24, 2.45) is 0 Å². The minimum absolute atomic E-state index is 0.0467. The summed E-state index contributed by atoms with van der Waals surface area (Å²) >= 11 is 0. The van der Waals surface area contributed by atoms with Gasteiger partial charge in [0.05, 0.1) is 18.1 Å². The van der Waals surface area contributed by atoms with E-state index >= 15 is 0 Å². The Hall–Kier alpha value is -3.44. The lowest BCUT2D eigenvalue weighted by Gasteiger charge is -2.10. The van der Waals surface area contributed by atoms with Crippen LogP contribution in [-0.2, 0) is 26.2 Å². The minimum Gasteiger partial charge on any atom is -0.490 e. The van der Waals surface area contributed by atoms with Crippen molar-refractivity contribution >= 4 is 16.0 Å². The van der Waals surface area contributed by atoms with E-state index in [0.717, 1.165) is 5.56 Å². The molecule has 0 amide bonds. The molecule has 1 N–H and O–H groups in total. The van der Waals surface area contributed by atoms with E-state index in [-0.39, 0.29) is 17.4 Å². The number of nitrogens with one attached hydrogen (secondary N) is 1. The second-order valence-electron chi connectivity index (χ2n) is 7.93. The summed E-state index contributed by atoms with van der Waals surface area (Å²) in [5.74, 6) is 0.906. The van der Waals surface area contributed by atoms with Gasteiger partial charge in [0.1, 0.15) is 6.54 Å². The number of benzene rings is 2. The quantitative estimate of drug-likeness (QED) is 0.476. The Morgan fingerprint density at radius 1 is 1.09 bits per heavy atom. The van der Waals surface area contributed by atoms with E-state index in [1.807, 2.05) is 24.3 Å². The van der Waals surface area contributed by atoms with Crippen molar-refractivity contribution in [1.82, 2.24) is 14.9 Å². The number of carbonyl (C=O) groups is 1. The molecule has 4 rings (SSSR count). The molecule has 2 heterocycles. The van der Waals surface area contributed by atoms with Crippen molar-refractivity contribution in [3.8, 4) is 22.9 Å². The summed E-state index contributed by atoms with van der Waals surface area (Å²) in [5.41, 5.74) is 1.96. The normalized spacial score (nSPS) is 13.5. The second-order valence-corrected chi connectivity index (χ2v) is 9.70. The standard InChI is InChI=1S/C23H25N3O7S/c1-15(2)16-4-6-17(7-5-16)23-25-21(33-26-23)14-32-22(27)13-24-34(28,29)18-8-9-19-20(12-18)31-11-3-10-30-19/h4-9,12,15,24H,3,10-11,13-14H2,1-2H3. The molecule has 0 bridgehead atoms. The number of fused-ring (bicyclic) bond motifs is 1. The maximum Gasteiger partial charge on any atom is 0.321 e. The van der Waals surface area contributed by atoms with Crippen LogP contribution in [0.15, 0.2) is 51.9 Å². The lowest BCUT2D eigenvalue weighted by Crippen LogP contribution is -2.30. The van der Waals surface area contributed by atoms with Gasteiger partial charge in [-0.3, -0.25) is 4.79 Å². The maximum atomic E-state index is 12.6. The van der Waals surface area contributed by atoms with Crippen LogP contribution in [-0.4, -0.2) is 44.3 Å². The number of hydrogen-bond donors (Lipinski definition) is 1. The average Bonchev–Trinajstić information content (AvgIpc) is 3.18. The van der Waals surface area contributed by atoms with Crippen LogP contribution in [0.2, 0.25) is 0 Å². The molecule has 3 aromatic rings. The number of aromatic nitrogens is 2. The van der Waals surface area contributed by atoms with Crippen LogP contribution in [0, 0.1) is 0 Å². The fourth-order valence-electron chi connectivity index (χ4n) is 3.19. The molecule has 1 aliphatic rings. The molecule has 11 heteroatoms. The molecule has 2 aromatic carbocycles. The van der Waals surface area contributed by atoms with Gasteiger partial charge >= 0.3 is 5.97 Å². The third-order valence-corrected chi connectivity index (χ3v) is 6.49. The molecule has 0 spiro atoms. The predicted octanol–water partition coefficient (Wildman–Crippen LogP) is 3.04. The number of esters is 1. The summed E-state index contributed by atoms with van der Waals surface area (Å²) in [6, 6.07) is 12.0. The van der Waals surface area contributed by atoms with Crippen molar-refractivity contribution < 1.29 is 31.9 Å². The van der Waals surface area contributed by atoms with Gasteiger partial charge in [-0.2, -0.15) is 9.71 Å². The van der Waals surface area contributed by atoms with Crippen LogP contribution in [0.5, 0.6) is 11.5 Å². The highest BCUT2D eigenvalue weighted by atomic mass is 32.2. The van der Waals surface area contributed by atoms with Crippen LogP contribution in [0.1, 0.15) is 37.6 Å². The van der Waals surface area contributed by atoms with Crippen molar-refractivity contribution in [3.63, 3.8) is 0 Å². The van der Waals surface area contributed by atoms with E-state index in [9.17, 15) is 13.2 Å². The van der Waals surface area contributed by atoms with E-state index in [2.05, 4.69) is 28.7 Å². The Kier molecular flexibility index (Phi) is 7.13. The highest BCUT2D eigenvalue weighted by molar-refractivity contribution is 7.89. The van der Waals surface area contributed by atoms with Gasteiger partial charge in [0, 0.05) is 18.1 Å². The average molecular weight is 488 g/mol. The van der Waals surface area contributed by atoms with Crippen molar-refractivity contribution in [2.45, 2.75) is 37.7 Å². The SMILES string of the molecule is CC(C)c1ccc(-c2noc(COC(=O)CNS(=O)(=O)c3ccc4c(c3)OCCCO4)n2)cc1. The van der Waals surface area contributed by atoms with Gasteiger partial charge in [-0.15, -0.1) is 0 Å². The number of sulfonamides is 1. The molecule has 1 aromatic heterocycles. The Bertz CT molecular complexity index is 1250. The lowest BCUT2D eigenvalue weighted by atomic mass is 10.0. The third-order valence-electron chi connectivity index (χ3n) is 5.10. The van der Waals surface area contributed by atoms with E-state index in [1.54, 1.807) is 0 Å². The number of rotatable bonds is 8. The Morgan fingerprint density at radius 3 is 2.56 bits per heavy atom. The van der Waals surface area contributed by atoms with Gasteiger partial charge in [-0.1, -0.05) is 43.3 Å². The van der Waals surface area contributed by atoms with Gasteiger partial charge in [-0.05, 0) is 23.6 Å². The minimum atomic E-state index is -3.96. The first-order valence-corrected chi connectivity index (χ1v) is 12.3. The smallest absolute Gasteiger partial charge is 0.321 e. The number of nitrogens with zero attached hydrogens (tertiary/aromatic N) is 2. The highest BCUT2D eigenvalue weighted by Gasteiger charge is 2.20. The van der Waals surface area contributed by atoms with Crippen molar-refractivity contribution in [2.75, 3.05) is 19.8 Å². The molecule has 0 aliphatic carbocycles. The molecule has 0 fully saturated rings. The summed E-state index contributed by atoms with van der Waals surface area (Å²) in [7, 11) is -3.96. The summed E-state index contributed by atoms with van der Waals surface area (Å²) in [4.78, 5) is 16.2. The van der Waals surface area contributed by atoms with Crippen LogP contribution in [0.25, 0.3) is 11.4 Å². The van der Waals surface area contributed by atoms with Crippen molar-refractivity contribution in [1.29, 1.82) is 0 Å². The lowest BCUT2D eigenvalue weighted by molar-refractivity contribution is -0.144. The number of carbonyl (C=O) groups excluding carboxylic acids is 1. The Balaban J connectivity index is 1.30. The van der Waals surface area contributed by atoms with E-state index < -0.39 is 22.5 Å². The largest absolute Gasteiger partial charge is 0.490 e. The molecule has 1 aliphatic heterocycles. The Labute approximate surface area is 197 Å². The molecule has 0 radical (unpaired) electrons. The van der Waals surface area contributed by atoms with Crippen LogP contribution >= 0.6 is 0 Å². The van der Waals surface area contributed by atoms with E-state index in [4.69, 9.17) is 18.7 Å². The van der Waals surface area contributed by atoms with Gasteiger partial charge in [0.25, 0.3) is 5.89 Å². The molecule has 34 heavy (non-hydrogen) atoms. The zero-order chi connectivity index (χ0) is 24.1. The third kappa shape index (κ3) is 5.72. The first-order valence-electron chi connectivity index (χ1n) is 10.8. The first-order chi connectivity index (χ1) is 16.3. The first kappa shape index (κ1) is 23.7. The van der Waals surface area contributed by atoms with Crippen molar-refractivity contribution in [3.05, 3.63) is 53.9 Å². The maximum absolute atomic E-state index is 12.6. The van der Waals surface area contributed by atoms with Crippen LogP contribution < -0.4 is 14.2 Å². The molecule has 0 atom stereocenters. The second kappa shape index (κ2) is 10.2. The molecule has 180 valence electrons. The highest BCUT2D eigenvalue weighted by Crippen LogP contribution is 2.31. The summed E-state index contributed by atoms with van der Waals surface area (Å²) < 4.78 is 48.5. The molecular formula is C23H25N3O7S. The molecule has 0 unspecified atom stereocenters. The Morgan fingerprint density at radius 2 is 1.82 bits per heavy atom. The van der Waals surface area contributed by atoms with E-state index in [1.165, 1.54) is 23.8 Å². The van der Waals surface area contributed by atoms with E-state index in [0.29, 0.717) is 42.9 Å². The molecular weight excluding hydrogens is 462 g/mol. The van der Waals surface area contributed by atoms with Gasteiger partial charge in [-0.25, -0.2) is 8.42 Å². The molecule has 10 nitrogen and oxygen atoms in total. The van der Waals surface area contributed by atoms with Gasteiger partial charge in [0.15, 0.2) is 18.1 Å². The fourth-order valence-corrected chi connectivity index (χ4v) is 4.17. The van der Waals surface area contributed by atoms with Crippen LogP contribution in [0.4, 0.5) is 0 Å². The zero-order valence-electron chi connectivity index (χ0n) is 18.8. The van der Waals surface area contributed by atoms with Gasteiger partial charge in [0.2, 0.25) is 15.8 Å². The van der Waals surface area contributed by atoms with Crippen LogP contribution in [0.3, 0.4) is 0 Å². The molecule has 0 saturated carbocycles. The number of ether oxygens (including phenoxy) is 3. The monoisotopic (exact) mass is 487 g/mol.